The molecule has 1 aromatic carbocycles. The summed E-state index contributed by atoms with van der Waals surface area (Å²) in [4.78, 5) is 11.9. The number of carbonyl (C=O) groups is 1. The molecule has 3 N–H and O–H groups in total. The molecule has 2 unspecified atom stereocenters. The topological polar surface area (TPSA) is 61.4 Å². The molecule has 0 saturated carbocycles. The Bertz CT molecular complexity index is 395. The van der Waals surface area contributed by atoms with Crippen LogP contribution in [0.1, 0.15) is 25.3 Å². The molecule has 0 saturated heterocycles. The summed E-state index contributed by atoms with van der Waals surface area (Å²) in [6.45, 7) is 2.35. The third-order valence-electron chi connectivity index (χ3n) is 3.22. The first-order chi connectivity index (χ1) is 8.70. The van der Waals surface area contributed by atoms with E-state index in [4.69, 9.17) is 0 Å². The van der Waals surface area contributed by atoms with Crippen molar-refractivity contribution < 1.29 is 9.90 Å². The Morgan fingerprint density at radius 1 is 1.56 bits per heavy atom. The summed E-state index contributed by atoms with van der Waals surface area (Å²) in [6, 6.07) is 7.73. The summed E-state index contributed by atoms with van der Waals surface area (Å²) in [5, 5.41) is 15.6. The minimum Gasteiger partial charge on any atom is -0.391 e. The number of hydrogen-bond acceptors (Lipinski definition) is 3. The van der Waals surface area contributed by atoms with Crippen molar-refractivity contribution in [3.05, 3.63) is 29.8 Å². The SMILES string of the molecule is CCCC(O)CNC(=O)C1Cc2ccccc2N1. The maximum Gasteiger partial charge on any atom is 0.242 e. The van der Waals surface area contributed by atoms with E-state index >= 15 is 0 Å². The molecule has 2 atom stereocenters. The lowest BCUT2D eigenvalue weighted by Gasteiger charge is -2.14. The van der Waals surface area contributed by atoms with Crippen LogP contribution in [-0.2, 0) is 11.2 Å². The van der Waals surface area contributed by atoms with Crippen LogP contribution >= 0.6 is 0 Å². The van der Waals surface area contributed by atoms with Crippen molar-refractivity contribution >= 4 is 11.6 Å². The lowest BCUT2D eigenvalue weighted by atomic mass is 10.1. The number of para-hydroxylation sites is 1. The molecule has 1 heterocycles. The minimum atomic E-state index is -0.442. The van der Waals surface area contributed by atoms with Crippen molar-refractivity contribution in [3.8, 4) is 0 Å². The van der Waals surface area contributed by atoms with Gasteiger partial charge in [-0.05, 0) is 18.1 Å². The second-order valence-electron chi connectivity index (χ2n) is 4.75. The van der Waals surface area contributed by atoms with Crippen LogP contribution in [0.3, 0.4) is 0 Å². The van der Waals surface area contributed by atoms with Crippen LogP contribution in [0.15, 0.2) is 24.3 Å². The maximum atomic E-state index is 11.9. The Morgan fingerprint density at radius 3 is 3.06 bits per heavy atom. The highest BCUT2D eigenvalue weighted by molar-refractivity contribution is 5.87. The normalized spacial score (nSPS) is 18.9. The van der Waals surface area contributed by atoms with Crippen LogP contribution in [0.5, 0.6) is 0 Å². The molecule has 2 rings (SSSR count). The number of nitrogens with one attached hydrogen (secondary N) is 2. The Hall–Kier alpha value is -1.55. The predicted octanol–water partition coefficient (Wildman–Crippen LogP) is 1.30. The van der Waals surface area contributed by atoms with Gasteiger partial charge in [-0.15, -0.1) is 0 Å². The van der Waals surface area contributed by atoms with E-state index in [0.717, 1.165) is 18.5 Å². The first-order valence-electron chi connectivity index (χ1n) is 6.51. The van der Waals surface area contributed by atoms with Gasteiger partial charge in [0, 0.05) is 18.7 Å². The number of aliphatic hydroxyl groups excluding tert-OH is 1. The third kappa shape index (κ3) is 3.01. The minimum absolute atomic E-state index is 0.0404. The number of aliphatic hydroxyl groups is 1. The molecule has 0 fully saturated rings. The largest absolute Gasteiger partial charge is 0.391 e. The summed E-state index contributed by atoms with van der Waals surface area (Å²) in [5.41, 5.74) is 2.21. The highest BCUT2D eigenvalue weighted by Crippen LogP contribution is 2.24. The van der Waals surface area contributed by atoms with Gasteiger partial charge in [0.25, 0.3) is 0 Å². The first-order valence-corrected chi connectivity index (χ1v) is 6.51. The van der Waals surface area contributed by atoms with Crippen molar-refractivity contribution in [1.29, 1.82) is 0 Å². The predicted molar refractivity (Wildman–Crippen MR) is 71.5 cm³/mol. The maximum absolute atomic E-state index is 11.9. The van der Waals surface area contributed by atoms with E-state index < -0.39 is 6.10 Å². The summed E-state index contributed by atoms with van der Waals surface area (Å²) < 4.78 is 0. The molecule has 1 aliphatic heterocycles. The lowest BCUT2D eigenvalue weighted by Crippen LogP contribution is -2.41. The zero-order valence-corrected chi connectivity index (χ0v) is 10.6. The summed E-state index contributed by atoms with van der Waals surface area (Å²) in [6.07, 6.45) is 1.91. The smallest absolute Gasteiger partial charge is 0.242 e. The van der Waals surface area contributed by atoms with Crippen molar-refractivity contribution in [2.45, 2.75) is 38.3 Å². The Balaban J connectivity index is 1.82. The third-order valence-corrected chi connectivity index (χ3v) is 3.22. The van der Waals surface area contributed by atoms with E-state index in [2.05, 4.69) is 10.6 Å². The summed E-state index contributed by atoms with van der Waals surface area (Å²) in [5.74, 6) is -0.0404. The van der Waals surface area contributed by atoms with Crippen LogP contribution in [-0.4, -0.2) is 29.7 Å². The fourth-order valence-electron chi connectivity index (χ4n) is 2.23. The van der Waals surface area contributed by atoms with Crippen molar-refractivity contribution in [3.63, 3.8) is 0 Å². The Kier molecular flexibility index (Phi) is 4.20. The van der Waals surface area contributed by atoms with E-state index in [1.54, 1.807) is 0 Å². The molecular weight excluding hydrogens is 228 g/mol. The number of benzene rings is 1. The number of hydrogen-bond donors (Lipinski definition) is 3. The Labute approximate surface area is 107 Å². The van der Waals surface area contributed by atoms with E-state index in [0.29, 0.717) is 13.0 Å². The van der Waals surface area contributed by atoms with Crippen LogP contribution in [0.2, 0.25) is 0 Å². The first kappa shape index (κ1) is 12.9. The molecule has 0 aromatic heterocycles. The number of fused-ring (bicyclic) bond motifs is 1. The van der Waals surface area contributed by atoms with Gasteiger partial charge in [0.15, 0.2) is 0 Å². The number of anilines is 1. The Morgan fingerprint density at radius 2 is 2.33 bits per heavy atom. The van der Waals surface area contributed by atoms with E-state index in [-0.39, 0.29) is 11.9 Å². The zero-order chi connectivity index (χ0) is 13.0. The fraction of sp³-hybridized carbons (Fsp3) is 0.500. The highest BCUT2D eigenvalue weighted by atomic mass is 16.3. The molecule has 0 spiro atoms. The van der Waals surface area contributed by atoms with Crippen LogP contribution in [0.25, 0.3) is 0 Å². The number of carbonyl (C=O) groups excluding carboxylic acids is 1. The summed E-state index contributed by atoms with van der Waals surface area (Å²) in [7, 11) is 0. The standard InChI is InChI=1S/C14H20N2O2/c1-2-5-11(17)9-15-14(18)13-8-10-6-3-4-7-12(10)16-13/h3-4,6-7,11,13,16-17H,2,5,8-9H2,1H3,(H,15,18). The number of amides is 1. The van der Waals surface area contributed by atoms with Gasteiger partial charge in [-0.2, -0.15) is 0 Å². The van der Waals surface area contributed by atoms with Crippen LogP contribution in [0, 0.1) is 0 Å². The van der Waals surface area contributed by atoms with Gasteiger partial charge in [-0.3, -0.25) is 4.79 Å². The highest BCUT2D eigenvalue weighted by Gasteiger charge is 2.26. The van der Waals surface area contributed by atoms with Gasteiger partial charge in [-0.25, -0.2) is 0 Å². The van der Waals surface area contributed by atoms with Crippen molar-refractivity contribution in [2.24, 2.45) is 0 Å². The average Bonchev–Trinajstić information content (AvgIpc) is 2.80. The molecule has 0 aliphatic carbocycles. The van der Waals surface area contributed by atoms with Gasteiger partial charge in [0.05, 0.1) is 6.10 Å². The van der Waals surface area contributed by atoms with E-state index in [1.807, 2.05) is 31.2 Å². The van der Waals surface area contributed by atoms with Gasteiger partial charge in [-0.1, -0.05) is 31.5 Å². The summed E-state index contributed by atoms with van der Waals surface area (Å²) >= 11 is 0. The molecule has 98 valence electrons. The molecule has 1 amide bonds. The van der Waals surface area contributed by atoms with Crippen LogP contribution < -0.4 is 10.6 Å². The molecule has 0 bridgehead atoms. The molecule has 1 aliphatic rings. The fourth-order valence-corrected chi connectivity index (χ4v) is 2.23. The molecule has 1 aromatic rings. The van der Waals surface area contributed by atoms with Crippen molar-refractivity contribution in [1.82, 2.24) is 5.32 Å². The van der Waals surface area contributed by atoms with Gasteiger partial charge in [0.1, 0.15) is 6.04 Å². The van der Waals surface area contributed by atoms with E-state index in [1.165, 1.54) is 5.56 Å². The monoisotopic (exact) mass is 248 g/mol. The second-order valence-corrected chi connectivity index (χ2v) is 4.75. The van der Waals surface area contributed by atoms with Crippen LogP contribution in [0.4, 0.5) is 5.69 Å². The number of rotatable bonds is 5. The van der Waals surface area contributed by atoms with Crippen molar-refractivity contribution in [2.75, 3.05) is 11.9 Å². The molecular formula is C14H20N2O2. The quantitative estimate of drug-likeness (QED) is 0.736. The molecule has 0 radical (unpaired) electrons. The van der Waals surface area contributed by atoms with Gasteiger partial charge in [0.2, 0.25) is 5.91 Å². The molecule has 18 heavy (non-hydrogen) atoms. The van der Waals surface area contributed by atoms with Gasteiger partial charge >= 0.3 is 0 Å². The molecule has 4 nitrogen and oxygen atoms in total. The van der Waals surface area contributed by atoms with Gasteiger partial charge < -0.3 is 15.7 Å². The molecule has 4 heteroatoms. The zero-order valence-electron chi connectivity index (χ0n) is 10.6. The second kappa shape index (κ2) is 5.87. The lowest BCUT2D eigenvalue weighted by molar-refractivity contribution is -0.122. The average molecular weight is 248 g/mol. The van der Waals surface area contributed by atoms with E-state index in [9.17, 15) is 9.90 Å².